The van der Waals surface area contributed by atoms with Crippen molar-refractivity contribution in [2.75, 3.05) is 6.26 Å². The molecule has 11 heteroatoms. The van der Waals surface area contributed by atoms with Crippen LogP contribution in [0.25, 0.3) is 0 Å². The number of amides is 2. The maximum absolute atomic E-state index is 12.3. The Balaban J connectivity index is 5.54. The van der Waals surface area contributed by atoms with E-state index in [2.05, 4.69) is 10.6 Å². The van der Waals surface area contributed by atoms with Gasteiger partial charge in [0.25, 0.3) is 5.91 Å². The van der Waals surface area contributed by atoms with Crippen LogP contribution in [-0.2, 0) is 28.8 Å². The summed E-state index contributed by atoms with van der Waals surface area (Å²) in [5.41, 5.74) is 0. The molecule has 0 aliphatic heterocycles. The Bertz CT molecular complexity index is 671. The van der Waals surface area contributed by atoms with E-state index in [-0.39, 0.29) is 17.6 Å². The number of nitrogens with one attached hydrogen (secondary N) is 2. The minimum atomic E-state index is -1.47. The summed E-state index contributed by atoms with van der Waals surface area (Å²) in [7, 11) is 0. The second-order valence-corrected chi connectivity index (χ2v) is 5.91. The molecule has 0 saturated heterocycles. The van der Waals surface area contributed by atoms with Crippen molar-refractivity contribution in [1.82, 2.24) is 10.6 Å². The lowest BCUT2D eigenvalue weighted by Crippen LogP contribution is -2.56. The molecule has 0 bridgehead atoms. The van der Waals surface area contributed by atoms with E-state index in [4.69, 9.17) is 10.2 Å². The molecule has 0 aliphatic carbocycles. The van der Waals surface area contributed by atoms with Crippen LogP contribution >= 0.6 is 11.8 Å². The number of rotatable bonds is 12. The predicted molar refractivity (Wildman–Crippen MR) is 95.9 cm³/mol. The molecule has 27 heavy (non-hydrogen) atoms. The quantitative estimate of drug-likeness (QED) is 0.249. The fourth-order valence-corrected chi connectivity index (χ4v) is 2.33. The van der Waals surface area contributed by atoms with Crippen LogP contribution in [0.1, 0.15) is 19.8 Å². The fraction of sp³-hybridized carbons (Fsp3) is 0.375. The first kappa shape index (κ1) is 24.1. The third-order valence-electron chi connectivity index (χ3n) is 3.02. The van der Waals surface area contributed by atoms with Gasteiger partial charge in [0.1, 0.15) is 18.4 Å². The Morgan fingerprint density at radius 3 is 2.11 bits per heavy atom. The highest BCUT2D eigenvalue weighted by Gasteiger charge is 2.30. The summed E-state index contributed by atoms with van der Waals surface area (Å²) >= 11 is 0.823. The lowest BCUT2D eigenvalue weighted by molar-refractivity contribution is -0.132. The number of thioether (sulfide) groups is 1. The van der Waals surface area contributed by atoms with Crippen molar-refractivity contribution >= 4 is 47.6 Å². The topological polar surface area (TPSA) is 167 Å². The van der Waals surface area contributed by atoms with Crippen LogP contribution in [0.3, 0.4) is 0 Å². The van der Waals surface area contributed by atoms with Crippen molar-refractivity contribution in [2.24, 2.45) is 0 Å². The van der Waals surface area contributed by atoms with Gasteiger partial charge in [-0.2, -0.15) is 0 Å². The van der Waals surface area contributed by atoms with E-state index in [0.717, 1.165) is 11.8 Å². The number of hydrogen-bond donors (Lipinski definition) is 4. The molecule has 0 radical (unpaired) electrons. The summed E-state index contributed by atoms with van der Waals surface area (Å²) in [6.45, 7) is 1.69. The summed E-state index contributed by atoms with van der Waals surface area (Å²) in [5, 5.41) is 21.6. The smallest absolute Gasteiger partial charge is 0.329 e. The van der Waals surface area contributed by atoms with Crippen molar-refractivity contribution in [3.05, 3.63) is 23.1 Å². The molecule has 0 saturated carbocycles. The molecule has 10 nitrogen and oxygen atoms in total. The summed E-state index contributed by atoms with van der Waals surface area (Å²) < 4.78 is 0. The van der Waals surface area contributed by atoms with Gasteiger partial charge in [0.15, 0.2) is 5.78 Å². The van der Waals surface area contributed by atoms with E-state index in [1.807, 2.05) is 0 Å². The Hall–Kier alpha value is -2.95. The Morgan fingerprint density at radius 2 is 1.67 bits per heavy atom. The highest BCUT2D eigenvalue weighted by atomic mass is 32.2. The third-order valence-corrected chi connectivity index (χ3v) is 3.76. The number of aldehydes is 1. The molecule has 4 N–H and O–H groups in total. The van der Waals surface area contributed by atoms with Crippen molar-refractivity contribution < 1.29 is 39.0 Å². The van der Waals surface area contributed by atoms with Gasteiger partial charge in [-0.15, -0.1) is 11.8 Å². The van der Waals surface area contributed by atoms with Crippen LogP contribution in [0.4, 0.5) is 0 Å². The number of aliphatic carboxylic acids is 2. The van der Waals surface area contributed by atoms with E-state index >= 15 is 0 Å². The van der Waals surface area contributed by atoms with Crippen LogP contribution < -0.4 is 10.6 Å². The summed E-state index contributed by atoms with van der Waals surface area (Å²) in [5.74, 6) is -5.17. The zero-order valence-electron chi connectivity index (χ0n) is 14.6. The molecule has 0 aliphatic rings. The van der Waals surface area contributed by atoms with Gasteiger partial charge in [-0.1, -0.05) is 6.92 Å². The molecule has 2 amide bonds. The van der Waals surface area contributed by atoms with E-state index in [1.54, 1.807) is 6.92 Å². The molecule has 0 rings (SSSR count). The van der Waals surface area contributed by atoms with E-state index in [9.17, 15) is 28.8 Å². The van der Waals surface area contributed by atoms with Gasteiger partial charge in [-0.3, -0.25) is 14.4 Å². The largest absolute Gasteiger partial charge is 0.478 e. The maximum Gasteiger partial charge on any atom is 0.329 e. The number of Topliss-reactive ketones (excluding diaryl/α,β-unsaturated/α-hetero) is 1. The number of carbonyl (C=O) groups is 6. The van der Waals surface area contributed by atoms with E-state index in [1.165, 1.54) is 6.26 Å². The minimum absolute atomic E-state index is 0.00658. The Morgan fingerprint density at radius 1 is 1.04 bits per heavy atom. The monoisotopic (exact) mass is 400 g/mol. The second-order valence-electron chi connectivity index (χ2n) is 5.06. The van der Waals surface area contributed by atoms with Gasteiger partial charge < -0.3 is 25.6 Å². The average Bonchev–Trinajstić information content (AvgIpc) is 2.60. The summed E-state index contributed by atoms with van der Waals surface area (Å²) in [6.07, 6.45) is 3.92. The third kappa shape index (κ3) is 9.35. The molecule has 0 aromatic heterocycles. The Kier molecular flexibility index (Phi) is 11.1. The first-order valence-corrected chi connectivity index (χ1v) is 8.87. The molecule has 0 spiro atoms. The van der Waals surface area contributed by atoms with Gasteiger partial charge in [-0.05, 0) is 12.7 Å². The number of ketones is 1. The van der Waals surface area contributed by atoms with Crippen molar-refractivity contribution in [2.45, 2.75) is 31.8 Å². The molecular formula is C16H20N2O8S. The Labute approximate surface area is 159 Å². The van der Waals surface area contributed by atoms with Crippen LogP contribution in [0, 0.1) is 0 Å². The average molecular weight is 400 g/mol. The van der Waals surface area contributed by atoms with Gasteiger partial charge in [0, 0.05) is 24.6 Å². The normalized spacial score (nSPS) is 13.5. The maximum atomic E-state index is 12.3. The van der Waals surface area contributed by atoms with Gasteiger partial charge in [0.2, 0.25) is 5.91 Å². The van der Waals surface area contributed by atoms with Gasteiger partial charge in [-0.25, -0.2) is 9.59 Å². The molecule has 0 heterocycles. The lowest BCUT2D eigenvalue weighted by atomic mass is 10.0. The lowest BCUT2D eigenvalue weighted by Gasteiger charge is -2.23. The van der Waals surface area contributed by atoms with Crippen molar-refractivity contribution in [3.63, 3.8) is 0 Å². The molecule has 0 aromatic rings. The molecule has 0 aromatic carbocycles. The first-order chi connectivity index (χ1) is 12.7. The second kappa shape index (κ2) is 12.4. The summed E-state index contributed by atoms with van der Waals surface area (Å²) in [6, 6.07) is -2.91. The molecule has 148 valence electrons. The predicted octanol–water partition coefficient (Wildman–Crippen LogP) is -0.504. The zero-order chi connectivity index (χ0) is 21.0. The van der Waals surface area contributed by atoms with Crippen LogP contribution in [-0.4, -0.2) is 64.4 Å². The molecule has 2 unspecified atom stereocenters. The van der Waals surface area contributed by atoms with E-state index < -0.39 is 41.6 Å². The minimum Gasteiger partial charge on any atom is -0.478 e. The van der Waals surface area contributed by atoms with Crippen LogP contribution in [0.5, 0.6) is 0 Å². The van der Waals surface area contributed by atoms with Crippen molar-refractivity contribution in [3.8, 4) is 0 Å². The highest BCUT2D eigenvalue weighted by Crippen LogP contribution is 2.12. The zero-order valence-corrected chi connectivity index (χ0v) is 15.4. The molecule has 2 atom stereocenters. The van der Waals surface area contributed by atoms with Crippen molar-refractivity contribution in [1.29, 1.82) is 0 Å². The van der Waals surface area contributed by atoms with Crippen LogP contribution in [0.15, 0.2) is 23.1 Å². The number of hydrogen-bond acceptors (Lipinski definition) is 7. The molecule has 0 fully saturated rings. The van der Waals surface area contributed by atoms with Crippen LogP contribution in [0.2, 0.25) is 0 Å². The number of carboxylic acids is 2. The number of carbonyl (C=O) groups excluding carboxylic acids is 4. The molecular weight excluding hydrogens is 380 g/mol. The number of carboxylic acid groups (broad SMARTS) is 2. The SMILES string of the molecule is CCCC(=O)C(NC(=O)/C(=C\C(=O)O)SC)C(C=O)NC(=O)/C=C\C(=O)O. The first-order valence-electron chi connectivity index (χ1n) is 7.65. The summed E-state index contributed by atoms with van der Waals surface area (Å²) in [4.78, 5) is 68.5. The highest BCUT2D eigenvalue weighted by molar-refractivity contribution is 8.03. The standard InChI is InChI=1S/C16H20N2O8S/c1-3-4-10(20)15(18-16(26)11(27-2)7-14(24)25)9(8-19)17-12(21)5-6-13(22)23/h5-9,15H,3-4H2,1-2H3,(H,17,21)(H,18,26)(H,22,23)(H,24,25)/b6-5-,11-7+. The van der Waals surface area contributed by atoms with E-state index in [0.29, 0.717) is 24.6 Å². The fourth-order valence-electron chi connectivity index (χ4n) is 1.87. The van der Waals surface area contributed by atoms with Gasteiger partial charge in [0.05, 0.1) is 4.91 Å². The van der Waals surface area contributed by atoms with Gasteiger partial charge >= 0.3 is 11.9 Å².